The molecule has 3 rings (SSSR count). The van der Waals surface area contributed by atoms with E-state index in [1.54, 1.807) is 36.4 Å². The van der Waals surface area contributed by atoms with Gasteiger partial charge in [0.15, 0.2) is 5.60 Å². The second-order valence-electron chi connectivity index (χ2n) is 4.78. The Morgan fingerprint density at radius 1 is 1.19 bits per heavy atom. The first-order chi connectivity index (χ1) is 10.1. The van der Waals surface area contributed by atoms with Crippen molar-refractivity contribution in [3.63, 3.8) is 0 Å². The second-order valence-corrected chi connectivity index (χ2v) is 4.78. The van der Waals surface area contributed by atoms with E-state index in [0.29, 0.717) is 22.4 Å². The summed E-state index contributed by atoms with van der Waals surface area (Å²) in [4.78, 5) is 23.8. The molecule has 0 bridgehead atoms. The van der Waals surface area contributed by atoms with Crippen molar-refractivity contribution in [2.24, 2.45) is 0 Å². The molecule has 1 aliphatic rings. The summed E-state index contributed by atoms with van der Waals surface area (Å²) in [6.07, 6.45) is 0. The minimum absolute atomic E-state index is 0.314. The molecular formula is C16H13NO4. The van der Waals surface area contributed by atoms with Gasteiger partial charge in [0.05, 0.1) is 12.7 Å². The number of esters is 1. The molecule has 1 unspecified atom stereocenters. The standard InChI is InChI=1S/C16H13NO4/c1-21-14(18)10-7-8-12-13(9-10)17-15(19)16(12,20)11-5-3-2-4-6-11/h2-9,20H,1H3,(H,17,19). The molecule has 0 aromatic heterocycles. The number of rotatable bonds is 2. The fourth-order valence-corrected chi connectivity index (χ4v) is 2.51. The molecule has 0 saturated carbocycles. The Kier molecular flexibility index (Phi) is 2.99. The molecule has 0 aliphatic carbocycles. The molecule has 0 spiro atoms. The van der Waals surface area contributed by atoms with Crippen LogP contribution in [0.4, 0.5) is 5.69 Å². The van der Waals surface area contributed by atoms with Crippen LogP contribution < -0.4 is 5.32 Å². The van der Waals surface area contributed by atoms with Crippen LogP contribution in [-0.2, 0) is 15.1 Å². The molecule has 1 amide bonds. The van der Waals surface area contributed by atoms with Crippen LogP contribution in [0.15, 0.2) is 48.5 Å². The summed E-state index contributed by atoms with van der Waals surface area (Å²) in [5, 5.41) is 13.5. The third kappa shape index (κ3) is 1.90. The molecule has 106 valence electrons. The van der Waals surface area contributed by atoms with Crippen molar-refractivity contribution in [2.75, 3.05) is 12.4 Å². The summed E-state index contributed by atoms with van der Waals surface area (Å²) in [5.41, 5.74) is -0.118. The first-order valence-electron chi connectivity index (χ1n) is 6.39. The first kappa shape index (κ1) is 13.3. The van der Waals surface area contributed by atoms with Crippen molar-refractivity contribution in [2.45, 2.75) is 5.60 Å². The third-order valence-corrected chi connectivity index (χ3v) is 3.60. The molecule has 2 aromatic carbocycles. The van der Waals surface area contributed by atoms with E-state index in [9.17, 15) is 14.7 Å². The fourth-order valence-electron chi connectivity index (χ4n) is 2.51. The smallest absolute Gasteiger partial charge is 0.337 e. The number of hydrogen-bond donors (Lipinski definition) is 2. The van der Waals surface area contributed by atoms with E-state index in [-0.39, 0.29) is 0 Å². The number of aliphatic hydroxyl groups is 1. The molecule has 21 heavy (non-hydrogen) atoms. The third-order valence-electron chi connectivity index (χ3n) is 3.60. The summed E-state index contributed by atoms with van der Waals surface area (Å²) < 4.78 is 4.65. The molecular weight excluding hydrogens is 270 g/mol. The van der Waals surface area contributed by atoms with Crippen LogP contribution in [0.25, 0.3) is 0 Å². The quantitative estimate of drug-likeness (QED) is 0.822. The predicted molar refractivity (Wildman–Crippen MR) is 75.9 cm³/mol. The summed E-state index contributed by atoms with van der Waals surface area (Å²) in [6, 6.07) is 13.3. The summed E-state index contributed by atoms with van der Waals surface area (Å²) in [6.45, 7) is 0. The number of benzene rings is 2. The lowest BCUT2D eigenvalue weighted by molar-refractivity contribution is -0.129. The number of nitrogens with one attached hydrogen (secondary N) is 1. The van der Waals surface area contributed by atoms with E-state index >= 15 is 0 Å². The van der Waals surface area contributed by atoms with E-state index in [1.165, 1.54) is 19.2 Å². The van der Waals surface area contributed by atoms with Gasteiger partial charge in [0.25, 0.3) is 5.91 Å². The van der Waals surface area contributed by atoms with Gasteiger partial charge in [0.2, 0.25) is 0 Å². The highest BCUT2D eigenvalue weighted by Crippen LogP contribution is 2.41. The Morgan fingerprint density at radius 3 is 2.57 bits per heavy atom. The lowest BCUT2D eigenvalue weighted by Crippen LogP contribution is -2.35. The zero-order valence-electron chi connectivity index (χ0n) is 11.3. The van der Waals surface area contributed by atoms with E-state index < -0.39 is 17.5 Å². The van der Waals surface area contributed by atoms with Gasteiger partial charge in [0.1, 0.15) is 0 Å². The van der Waals surface area contributed by atoms with Gasteiger partial charge >= 0.3 is 5.97 Å². The summed E-state index contributed by atoms with van der Waals surface area (Å²) in [7, 11) is 1.29. The fraction of sp³-hybridized carbons (Fsp3) is 0.125. The summed E-state index contributed by atoms with van der Waals surface area (Å²) in [5.74, 6) is -1.03. The number of fused-ring (bicyclic) bond motifs is 1. The van der Waals surface area contributed by atoms with Crippen molar-refractivity contribution in [1.29, 1.82) is 0 Å². The highest BCUT2D eigenvalue weighted by Gasteiger charge is 2.46. The average molecular weight is 283 g/mol. The SMILES string of the molecule is COC(=O)c1ccc2c(c1)NC(=O)C2(O)c1ccccc1. The van der Waals surface area contributed by atoms with E-state index in [2.05, 4.69) is 10.1 Å². The van der Waals surface area contributed by atoms with Crippen molar-refractivity contribution >= 4 is 17.6 Å². The molecule has 0 saturated heterocycles. The zero-order chi connectivity index (χ0) is 15.0. The van der Waals surface area contributed by atoms with Crippen LogP contribution >= 0.6 is 0 Å². The molecule has 0 radical (unpaired) electrons. The zero-order valence-corrected chi connectivity index (χ0v) is 11.3. The number of methoxy groups -OCH3 is 1. The minimum atomic E-state index is -1.74. The van der Waals surface area contributed by atoms with Gasteiger partial charge in [-0.3, -0.25) is 4.79 Å². The van der Waals surface area contributed by atoms with E-state index in [4.69, 9.17) is 0 Å². The van der Waals surface area contributed by atoms with Gasteiger partial charge in [-0.1, -0.05) is 36.4 Å². The normalized spacial score (nSPS) is 19.8. The number of amides is 1. The van der Waals surface area contributed by atoms with Crippen LogP contribution in [0.5, 0.6) is 0 Å². The highest BCUT2D eigenvalue weighted by atomic mass is 16.5. The van der Waals surface area contributed by atoms with Gasteiger partial charge in [-0.15, -0.1) is 0 Å². The maximum Gasteiger partial charge on any atom is 0.337 e. The van der Waals surface area contributed by atoms with Crippen LogP contribution in [0, 0.1) is 0 Å². The molecule has 1 aliphatic heterocycles. The van der Waals surface area contributed by atoms with Gasteiger partial charge in [-0.2, -0.15) is 0 Å². The lowest BCUT2D eigenvalue weighted by atomic mass is 9.87. The van der Waals surface area contributed by atoms with Crippen LogP contribution in [0.2, 0.25) is 0 Å². The van der Waals surface area contributed by atoms with Crippen molar-refractivity contribution < 1.29 is 19.4 Å². The molecule has 5 nitrogen and oxygen atoms in total. The predicted octanol–water partition coefficient (Wildman–Crippen LogP) is 1.66. The molecule has 1 atom stereocenters. The summed E-state index contributed by atoms with van der Waals surface area (Å²) >= 11 is 0. The number of carbonyl (C=O) groups is 2. The Labute approximate surface area is 121 Å². The van der Waals surface area contributed by atoms with Crippen LogP contribution in [0.3, 0.4) is 0 Å². The van der Waals surface area contributed by atoms with Gasteiger partial charge in [0, 0.05) is 11.3 Å². The Bertz CT molecular complexity index is 726. The van der Waals surface area contributed by atoms with Gasteiger partial charge in [-0.05, 0) is 17.7 Å². The molecule has 1 heterocycles. The maximum atomic E-state index is 12.2. The average Bonchev–Trinajstić information content (AvgIpc) is 2.79. The molecule has 5 heteroatoms. The Hall–Kier alpha value is -2.66. The molecule has 2 N–H and O–H groups in total. The molecule has 0 fully saturated rings. The lowest BCUT2D eigenvalue weighted by Gasteiger charge is -2.21. The van der Waals surface area contributed by atoms with Crippen LogP contribution in [0.1, 0.15) is 21.5 Å². The highest BCUT2D eigenvalue weighted by molar-refractivity contribution is 6.08. The van der Waals surface area contributed by atoms with Gasteiger partial charge < -0.3 is 15.2 Å². The topological polar surface area (TPSA) is 75.6 Å². The monoisotopic (exact) mass is 283 g/mol. The van der Waals surface area contributed by atoms with Crippen molar-refractivity contribution in [1.82, 2.24) is 0 Å². The number of hydrogen-bond acceptors (Lipinski definition) is 4. The number of ether oxygens (including phenoxy) is 1. The Morgan fingerprint density at radius 2 is 1.90 bits per heavy atom. The second kappa shape index (κ2) is 4.71. The van der Waals surface area contributed by atoms with E-state index in [0.717, 1.165) is 0 Å². The number of anilines is 1. The number of carbonyl (C=O) groups excluding carboxylic acids is 2. The van der Waals surface area contributed by atoms with Gasteiger partial charge in [-0.25, -0.2) is 4.79 Å². The minimum Gasteiger partial charge on any atom is -0.465 e. The van der Waals surface area contributed by atoms with Crippen molar-refractivity contribution in [3.05, 3.63) is 65.2 Å². The van der Waals surface area contributed by atoms with Crippen molar-refractivity contribution in [3.8, 4) is 0 Å². The maximum absolute atomic E-state index is 12.2. The molecule has 2 aromatic rings. The first-order valence-corrected chi connectivity index (χ1v) is 6.39. The Balaban J connectivity index is 2.13. The van der Waals surface area contributed by atoms with Crippen LogP contribution in [-0.4, -0.2) is 24.1 Å². The largest absolute Gasteiger partial charge is 0.465 e. The van der Waals surface area contributed by atoms with E-state index in [1.807, 2.05) is 0 Å².